The molecule has 190 valence electrons. The van der Waals surface area contributed by atoms with Gasteiger partial charge in [-0.25, -0.2) is 4.99 Å². The van der Waals surface area contributed by atoms with E-state index >= 15 is 0 Å². The molecule has 1 aliphatic rings. The molecule has 0 aliphatic heterocycles. The Hall–Kier alpha value is -3.77. The number of hydrogen-bond donors (Lipinski definition) is 0. The highest BCUT2D eigenvalue weighted by Crippen LogP contribution is 2.48. The van der Waals surface area contributed by atoms with Gasteiger partial charge >= 0.3 is 5.97 Å². The van der Waals surface area contributed by atoms with Crippen molar-refractivity contribution in [3.63, 3.8) is 0 Å². The van der Waals surface area contributed by atoms with Crippen molar-refractivity contribution >= 4 is 40.1 Å². The van der Waals surface area contributed by atoms with Gasteiger partial charge in [0.25, 0.3) is 0 Å². The maximum absolute atomic E-state index is 13.6. The Morgan fingerprint density at radius 3 is 2.22 bits per heavy atom. The largest absolute Gasteiger partial charge is 0.497 e. The van der Waals surface area contributed by atoms with Crippen LogP contribution < -0.4 is 4.74 Å². The molecule has 0 unspecified atom stereocenters. The van der Waals surface area contributed by atoms with Gasteiger partial charge in [0.1, 0.15) is 5.75 Å². The minimum absolute atomic E-state index is 0.0164. The average molecular weight is 514 g/mol. The molecule has 0 spiro atoms. The number of nitrogens with zero attached hydrogens (tertiary/aromatic N) is 1. The van der Waals surface area contributed by atoms with Crippen molar-refractivity contribution in [2.45, 2.75) is 27.7 Å². The molecule has 37 heavy (non-hydrogen) atoms. The van der Waals surface area contributed by atoms with E-state index in [1.165, 1.54) is 18.4 Å². The summed E-state index contributed by atoms with van der Waals surface area (Å²) in [6.07, 6.45) is 1.99. The molecule has 2 aromatic carbocycles. The molecule has 0 saturated carbocycles. The highest BCUT2D eigenvalue weighted by atomic mass is 32.1. The predicted molar refractivity (Wildman–Crippen MR) is 150 cm³/mol. The number of rotatable bonds is 8. The molecule has 4 rings (SSSR count). The van der Waals surface area contributed by atoms with E-state index in [4.69, 9.17) is 14.5 Å². The number of Topliss-reactive ketones (excluding diaryl/α,β-unsaturated/α-hetero) is 1. The minimum Gasteiger partial charge on any atom is -0.497 e. The summed E-state index contributed by atoms with van der Waals surface area (Å²) in [7, 11) is 3.01. The topological polar surface area (TPSA) is 65.0 Å². The van der Waals surface area contributed by atoms with Crippen LogP contribution in [-0.2, 0) is 14.3 Å². The summed E-state index contributed by atoms with van der Waals surface area (Å²) in [5.74, 6) is 0.402. The fourth-order valence-electron chi connectivity index (χ4n) is 4.48. The van der Waals surface area contributed by atoms with Crippen molar-refractivity contribution in [2.75, 3.05) is 14.2 Å². The van der Waals surface area contributed by atoms with E-state index in [1.54, 1.807) is 7.11 Å². The van der Waals surface area contributed by atoms with Gasteiger partial charge < -0.3 is 9.47 Å². The number of ketones is 1. The number of ether oxygens (including phenoxy) is 2. The number of hydrogen-bond acceptors (Lipinski definition) is 6. The number of esters is 1. The van der Waals surface area contributed by atoms with Gasteiger partial charge in [0, 0.05) is 5.57 Å². The SMILES string of the molecule is COC(=O)C(C)(C)/C(=C\C1=C(C(=Nc2ccc(OC)cc2)c2cccs2)C(=O)C1(C)C)c1ccccc1. The molecule has 0 radical (unpaired) electrons. The van der Waals surface area contributed by atoms with Crippen molar-refractivity contribution in [3.8, 4) is 5.75 Å². The van der Waals surface area contributed by atoms with Crippen molar-refractivity contribution in [1.29, 1.82) is 0 Å². The molecule has 0 saturated heterocycles. The third-order valence-corrected chi connectivity index (χ3v) is 7.66. The van der Waals surface area contributed by atoms with Gasteiger partial charge in [-0.05, 0) is 80.1 Å². The standard InChI is InChI=1S/C31H31NO4S/c1-30(2)24(19-23(20-11-8-7-9-12-20)31(3,4)29(34)36-6)26(28(30)33)27(25-13-10-18-37-25)32-21-14-16-22(35-5)17-15-21/h7-19H,1-6H3/b23-19-,32-27?. The van der Waals surface area contributed by atoms with Crippen LogP contribution in [-0.4, -0.2) is 31.7 Å². The lowest BCUT2D eigenvalue weighted by Crippen LogP contribution is -2.42. The molecule has 0 amide bonds. The van der Waals surface area contributed by atoms with Crippen LogP contribution >= 0.6 is 11.3 Å². The van der Waals surface area contributed by atoms with Gasteiger partial charge in [0.2, 0.25) is 0 Å². The van der Waals surface area contributed by atoms with E-state index in [1.807, 2.05) is 106 Å². The van der Waals surface area contributed by atoms with Crippen molar-refractivity contribution in [3.05, 3.63) is 99.8 Å². The Labute approximate surface area is 222 Å². The van der Waals surface area contributed by atoms with E-state index in [0.29, 0.717) is 11.3 Å². The van der Waals surface area contributed by atoms with Gasteiger partial charge in [-0.1, -0.05) is 42.5 Å². The number of allylic oxidation sites excluding steroid dienone is 3. The predicted octanol–water partition coefficient (Wildman–Crippen LogP) is 7.07. The first-order valence-electron chi connectivity index (χ1n) is 12.0. The first kappa shape index (κ1) is 26.3. The third kappa shape index (κ3) is 4.94. The highest BCUT2D eigenvalue weighted by molar-refractivity contribution is 7.12. The molecule has 0 N–H and O–H groups in total. The normalized spacial score (nSPS) is 15.9. The van der Waals surface area contributed by atoms with Gasteiger partial charge in [-0.3, -0.25) is 9.59 Å². The van der Waals surface area contributed by atoms with Gasteiger partial charge in [-0.15, -0.1) is 11.3 Å². The first-order valence-corrected chi connectivity index (χ1v) is 12.9. The smallest absolute Gasteiger partial charge is 0.315 e. The third-order valence-electron chi connectivity index (χ3n) is 6.78. The molecular formula is C31H31NO4S. The van der Waals surface area contributed by atoms with E-state index in [9.17, 15) is 9.59 Å². The molecule has 0 fully saturated rings. The second kappa shape index (κ2) is 10.3. The molecular weight excluding hydrogens is 482 g/mol. The lowest BCUT2D eigenvalue weighted by Gasteiger charge is -2.39. The molecule has 1 aromatic heterocycles. The summed E-state index contributed by atoms with van der Waals surface area (Å²) in [6, 6.07) is 21.1. The number of thiophene rings is 1. The second-order valence-corrected chi connectivity index (χ2v) is 10.9. The summed E-state index contributed by atoms with van der Waals surface area (Å²) in [5, 5.41) is 1.97. The lowest BCUT2D eigenvalue weighted by atomic mass is 9.62. The van der Waals surface area contributed by atoms with Crippen LogP contribution in [0.2, 0.25) is 0 Å². The molecule has 1 heterocycles. The maximum Gasteiger partial charge on any atom is 0.315 e. The Bertz CT molecular complexity index is 1390. The number of aliphatic imine (C=N–C) groups is 1. The van der Waals surface area contributed by atoms with E-state index in [-0.39, 0.29) is 11.8 Å². The number of methoxy groups -OCH3 is 2. The van der Waals surface area contributed by atoms with Crippen LogP contribution in [0, 0.1) is 10.8 Å². The fourth-order valence-corrected chi connectivity index (χ4v) is 5.20. The molecule has 1 aliphatic carbocycles. The Balaban J connectivity index is 1.97. The Morgan fingerprint density at radius 2 is 1.65 bits per heavy atom. The summed E-state index contributed by atoms with van der Waals surface area (Å²) >= 11 is 1.53. The minimum atomic E-state index is -0.945. The van der Waals surface area contributed by atoms with Crippen LogP contribution in [0.3, 0.4) is 0 Å². The van der Waals surface area contributed by atoms with Crippen LogP contribution in [0.5, 0.6) is 5.75 Å². The maximum atomic E-state index is 13.6. The number of benzene rings is 2. The fraction of sp³-hybridized carbons (Fsp3) is 0.258. The van der Waals surface area contributed by atoms with E-state index in [0.717, 1.165) is 33.0 Å². The zero-order valence-corrected chi connectivity index (χ0v) is 22.8. The number of carbonyl (C=O) groups is 2. The quantitative estimate of drug-likeness (QED) is 0.239. The zero-order valence-electron chi connectivity index (χ0n) is 22.0. The first-order chi connectivity index (χ1) is 17.6. The monoisotopic (exact) mass is 513 g/mol. The van der Waals surface area contributed by atoms with Crippen LogP contribution in [0.15, 0.2) is 94.3 Å². The van der Waals surface area contributed by atoms with Crippen LogP contribution in [0.4, 0.5) is 5.69 Å². The summed E-state index contributed by atoms with van der Waals surface area (Å²) in [4.78, 5) is 32.3. The molecule has 5 nitrogen and oxygen atoms in total. The summed E-state index contributed by atoms with van der Waals surface area (Å²) in [5.41, 5.74) is 2.74. The summed E-state index contributed by atoms with van der Waals surface area (Å²) < 4.78 is 10.4. The summed E-state index contributed by atoms with van der Waals surface area (Å²) in [6.45, 7) is 7.52. The van der Waals surface area contributed by atoms with Crippen LogP contribution in [0.1, 0.15) is 38.1 Å². The molecule has 0 bridgehead atoms. The van der Waals surface area contributed by atoms with Gasteiger partial charge in [0.15, 0.2) is 5.78 Å². The van der Waals surface area contributed by atoms with Gasteiger partial charge in [-0.2, -0.15) is 0 Å². The molecule has 0 atom stereocenters. The second-order valence-electron chi connectivity index (χ2n) is 9.92. The number of carbonyl (C=O) groups excluding carboxylic acids is 2. The zero-order chi connectivity index (χ0) is 26.8. The molecule has 6 heteroatoms. The lowest BCUT2D eigenvalue weighted by molar-refractivity contribution is -0.147. The average Bonchev–Trinajstić information content (AvgIpc) is 3.45. The van der Waals surface area contributed by atoms with Gasteiger partial charge in [0.05, 0.1) is 41.3 Å². The molecule has 3 aromatic rings. The highest BCUT2D eigenvalue weighted by Gasteiger charge is 2.48. The Kier molecular flexibility index (Phi) is 7.32. The Morgan fingerprint density at radius 1 is 0.973 bits per heavy atom. The van der Waals surface area contributed by atoms with E-state index < -0.39 is 10.8 Å². The van der Waals surface area contributed by atoms with Crippen molar-refractivity contribution in [1.82, 2.24) is 0 Å². The van der Waals surface area contributed by atoms with Crippen LogP contribution in [0.25, 0.3) is 5.57 Å². The van der Waals surface area contributed by atoms with Crippen molar-refractivity contribution in [2.24, 2.45) is 15.8 Å². The van der Waals surface area contributed by atoms with Crippen molar-refractivity contribution < 1.29 is 19.1 Å². The van der Waals surface area contributed by atoms with E-state index in [2.05, 4.69) is 0 Å².